The number of ether oxygens (including phenoxy) is 1. The zero-order valence-corrected chi connectivity index (χ0v) is 12.7. The maximum absolute atomic E-state index is 12.0. The van der Waals surface area contributed by atoms with E-state index in [2.05, 4.69) is 10.4 Å². The van der Waals surface area contributed by atoms with Crippen LogP contribution in [0.15, 0.2) is 36.7 Å². The molecule has 0 spiro atoms. The van der Waals surface area contributed by atoms with Gasteiger partial charge in [-0.2, -0.15) is 5.10 Å². The quantitative estimate of drug-likeness (QED) is 0.887. The molecule has 1 atom stereocenters. The Morgan fingerprint density at radius 1 is 1.43 bits per heavy atom. The summed E-state index contributed by atoms with van der Waals surface area (Å²) in [6.45, 7) is 4.52. The number of amides is 1. The molecule has 0 unspecified atom stereocenters. The van der Waals surface area contributed by atoms with Crippen LogP contribution in [-0.2, 0) is 7.05 Å². The number of carbonyl (C=O) groups is 1. The zero-order chi connectivity index (χ0) is 15.2. The Morgan fingerprint density at radius 3 is 2.81 bits per heavy atom. The number of carbonyl (C=O) groups excluding carboxylic acids is 1. The molecule has 0 fully saturated rings. The molecule has 1 heterocycles. The van der Waals surface area contributed by atoms with Crippen molar-refractivity contribution >= 4 is 5.91 Å². The summed E-state index contributed by atoms with van der Waals surface area (Å²) in [5.74, 6) is 0.731. The van der Waals surface area contributed by atoms with E-state index in [9.17, 15) is 4.79 Å². The van der Waals surface area contributed by atoms with Gasteiger partial charge in [0.25, 0.3) is 5.91 Å². The van der Waals surface area contributed by atoms with Crippen LogP contribution in [0.3, 0.4) is 0 Å². The fourth-order valence-electron chi connectivity index (χ4n) is 1.98. The number of hydrogen-bond donors (Lipinski definition) is 1. The van der Waals surface area contributed by atoms with Gasteiger partial charge in [-0.15, -0.1) is 0 Å². The van der Waals surface area contributed by atoms with Crippen LogP contribution < -0.4 is 10.1 Å². The average molecular weight is 287 g/mol. The molecule has 0 aliphatic rings. The Kier molecular flexibility index (Phi) is 4.98. The molecule has 0 aliphatic carbocycles. The van der Waals surface area contributed by atoms with E-state index in [4.69, 9.17) is 4.74 Å². The highest BCUT2D eigenvalue weighted by atomic mass is 16.5. The van der Waals surface area contributed by atoms with Crippen molar-refractivity contribution in [1.29, 1.82) is 0 Å². The van der Waals surface area contributed by atoms with Crippen LogP contribution in [0.25, 0.3) is 0 Å². The third-order valence-electron chi connectivity index (χ3n) is 3.30. The molecule has 1 amide bonds. The molecule has 2 rings (SSSR count). The van der Waals surface area contributed by atoms with Gasteiger partial charge in [0.15, 0.2) is 0 Å². The lowest BCUT2D eigenvalue weighted by molar-refractivity contribution is 0.0925. The summed E-state index contributed by atoms with van der Waals surface area (Å²) in [5.41, 5.74) is 1.65. The van der Waals surface area contributed by atoms with Crippen LogP contribution in [0, 0.1) is 6.92 Å². The second kappa shape index (κ2) is 6.92. The highest BCUT2D eigenvalue weighted by Gasteiger charge is 2.13. The number of rotatable bonds is 6. The summed E-state index contributed by atoms with van der Waals surface area (Å²) in [4.78, 5) is 12.0. The minimum Gasteiger partial charge on any atom is -0.488 e. The predicted molar refractivity (Wildman–Crippen MR) is 81.4 cm³/mol. The number of aryl methyl sites for hydroxylation is 2. The van der Waals surface area contributed by atoms with E-state index in [0.717, 1.165) is 17.7 Å². The first-order chi connectivity index (χ1) is 10.1. The Balaban J connectivity index is 1.91. The van der Waals surface area contributed by atoms with Gasteiger partial charge < -0.3 is 10.1 Å². The fraction of sp³-hybridized carbons (Fsp3) is 0.375. The van der Waals surface area contributed by atoms with E-state index in [0.29, 0.717) is 12.1 Å². The van der Waals surface area contributed by atoms with Gasteiger partial charge in [0, 0.05) is 13.2 Å². The van der Waals surface area contributed by atoms with E-state index in [1.165, 1.54) is 0 Å². The molecule has 21 heavy (non-hydrogen) atoms. The zero-order valence-electron chi connectivity index (χ0n) is 12.7. The fourth-order valence-corrected chi connectivity index (χ4v) is 1.98. The molecule has 0 radical (unpaired) electrons. The third-order valence-corrected chi connectivity index (χ3v) is 3.30. The van der Waals surface area contributed by atoms with Crippen molar-refractivity contribution in [2.24, 2.45) is 7.05 Å². The summed E-state index contributed by atoms with van der Waals surface area (Å²) in [5, 5.41) is 6.87. The van der Waals surface area contributed by atoms with Crippen molar-refractivity contribution in [1.82, 2.24) is 15.1 Å². The standard InChI is InChI=1S/C16H21N3O2/c1-4-14(21-15-8-6-5-7-12(15)2)10-17-16(20)13-9-18-19(3)11-13/h5-9,11,14H,4,10H2,1-3H3,(H,17,20)/t14-/m1/s1. The number of benzene rings is 1. The molecule has 1 aromatic heterocycles. The molecule has 0 aliphatic heterocycles. The number of aromatic nitrogens is 2. The first-order valence-electron chi connectivity index (χ1n) is 7.09. The van der Waals surface area contributed by atoms with E-state index in [1.54, 1.807) is 24.1 Å². The molecule has 5 heteroatoms. The van der Waals surface area contributed by atoms with Crippen molar-refractivity contribution in [3.8, 4) is 5.75 Å². The van der Waals surface area contributed by atoms with Crippen molar-refractivity contribution in [2.45, 2.75) is 26.4 Å². The van der Waals surface area contributed by atoms with Gasteiger partial charge in [-0.1, -0.05) is 25.1 Å². The molecule has 2 aromatic rings. The average Bonchev–Trinajstić information content (AvgIpc) is 2.91. The lowest BCUT2D eigenvalue weighted by atomic mass is 10.2. The number of nitrogens with one attached hydrogen (secondary N) is 1. The Bertz CT molecular complexity index is 607. The predicted octanol–water partition coefficient (Wildman–Crippen LogP) is 2.32. The van der Waals surface area contributed by atoms with Crippen molar-refractivity contribution in [3.63, 3.8) is 0 Å². The first kappa shape index (κ1) is 15.1. The molecule has 1 N–H and O–H groups in total. The normalized spacial score (nSPS) is 12.0. The molecular weight excluding hydrogens is 266 g/mol. The lowest BCUT2D eigenvalue weighted by Gasteiger charge is -2.19. The summed E-state index contributed by atoms with van der Waals surface area (Å²) >= 11 is 0. The molecular formula is C16H21N3O2. The Hall–Kier alpha value is -2.30. The van der Waals surface area contributed by atoms with Gasteiger partial charge in [0.2, 0.25) is 0 Å². The molecule has 112 valence electrons. The van der Waals surface area contributed by atoms with E-state index < -0.39 is 0 Å². The maximum atomic E-state index is 12.0. The topological polar surface area (TPSA) is 56.2 Å². The highest BCUT2D eigenvalue weighted by Crippen LogP contribution is 2.18. The summed E-state index contributed by atoms with van der Waals surface area (Å²) in [6, 6.07) is 7.88. The first-order valence-corrected chi connectivity index (χ1v) is 7.09. The van der Waals surface area contributed by atoms with Crippen molar-refractivity contribution in [3.05, 3.63) is 47.8 Å². The highest BCUT2D eigenvalue weighted by molar-refractivity contribution is 5.93. The molecule has 0 bridgehead atoms. The Morgan fingerprint density at radius 2 is 2.19 bits per heavy atom. The monoisotopic (exact) mass is 287 g/mol. The van der Waals surface area contributed by atoms with Crippen molar-refractivity contribution in [2.75, 3.05) is 6.54 Å². The summed E-state index contributed by atoms with van der Waals surface area (Å²) in [6.07, 6.45) is 4.02. The number of hydrogen-bond acceptors (Lipinski definition) is 3. The second-order valence-corrected chi connectivity index (χ2v) is 5.03. The van der Waals surface area contributed by atoms with Crippen LogP contribution in [0.4, 0.5) is 0 Å². The molecule has 5 nitrogen and oxygen atoms in total. The van der Waals surface area contributed by atoms with Crippen LogP contribution in [0.1, 0.15) is 29.3 Å². The van der Waals surface area contributed by atoms with Gasteiger partial charge in [-0.25, -0.2) is 0 Å². The van der Waals surface area contributed by atoms with Crippen molar-refractivity contribution < 1.29 is 9.53 Å². The van der Waals surface area contributed by atoms with Crippen LogP contribution in [-0.4, -0.2) is 28.3 Å². The lowest BCUT2D eigenvalue weighted by Crippen LogP contribution is -2.35. The maximum Gasteiger partial charge on any atom is 0.254 e. The SMILES string of the molecule is CC[C@H](CNC(=O)c1cnn(C)c1)Oc1ccccc1C. The largest absolute Gasteiger partial charge is 0.488 e. The van der Waals surface area contributed by atoms with Crippen LogP contribution in [0.2, 0.25) is 0 Å². The van der Waals surface area contributed by atoms with Gasteiger partial charge in [0.05, 0.1) is 18.3 Å². The van der Waals surface area contributed by atoms with Gasteiger partial charge in [0.1, 0.15) is 11.9 Å². The van der Waals surface area contributed by atoms with Crippen LogP contribution >= 0.6 is 0 Å². The second-order valence-electron chi connectivity index (χ2n) is 5.03. The molecule has 0 saturated carbocycles. The number of nitrogens with zero attached hydrogens (tertiary/aromatic N) is 2. The van der Waals surface area contributed by atoms with E-state index in [-0.39, 0.29) is 12.0 Å². The smallest absolute Gasteiger partial charge is 0.254 e. The molecule has 1 aromatic carbocycles. The minimum atomic E-state index is -0.130. The summed E-state index contributed by atoms with van der Waals surface area (Å²) < 4.78 is 7.56. The van der Waals surface area contributed by atoms with Crippen LogP contribution in [0.5, 0.6) is 5.75 Å². The Labute approximate surface area is 124 Å². The van der Waals surface area contributed by atoms with Gasteiger partial charge in [-0.3, -0.25) is 9.48 Å². The third kappa shape index (κ3) is 4.08. The number of para-hydroxylation sites is 1. The van der Waals surface area contributed by atoms with E-state index in [1.807, 2.05) is 38.1 Å². The van der Waals surface area contributed by atoms with Gasteiger partial charge in [-0.05, 0) is 25.0 Å². The van der Waals surface area contributed by atoms with E-state index >= 15 is 0 Å². The van der Waals surface area contributed by atoms with Gasteiger partial charge >= 0.3 is 0 Å². The summed E-state index contributed by atoms with van der Waals surface area (Å²) in [7, 11) is 1.78. The molecule has 0 saturated heterocycles. The minimum absolute atomic E-state index is 0.0493.